The Balaban J connectivity index is 1.92. The van der Waals surface area contributed by atoms with Crippen LogP contribution in [0.5, 0.6) is 0 Å². The van der Waals surface area contributed by atoms with Crippen LogP contribution in [0.15, 0.2) is 65.8 Å². The molecule has 1 atom stereocenters. The molecule has 0 fully saturated rings. The first-order chi connectivity index (χ1) is 14.3. The Morgan fingerprint density at radius 1 is 1.13 bits per heavy atom. The number of guanidine groups is 1. The van der Waals surface area contributed by atoms with Crippen LogP contribution in [0.1, 0.15) is 30.6 Å². The summed E-state index contributed by atoms with van der Waals surface area (Å²) in [6.07, 6.45) is 1.92. The van der Waals surface area contributed by atoms with Gasteiger partial charge in [-0.1, -0.05) is 37.3 Å². The number of hydrogen-bond acceptors (Lipinski definition) is 5. The van der Waals surface area contributed by atoms with E-state index in [0.717, 1.165) is 0 Å². The third-order valence-corrected chi connectivity index (χ3v) is 6.52. The van der Waals surface area contributed by atoms with Crippen molar-refractivity contribution < 1.29 is 13.2 Å². The van der Waals surface area contributed by atoms with Crippen LogP contribution in [0.3, 0.4) is 0 Å². The minimum absolute atomic E-state index is 0.0511. The number of nitrogens with zero attached hydrogens (tertiary/aromatic N) is 2. The molecule has 1 unspecified atom stereocenters. The van der Waals surface area contributed by atoms with E-state index in [-0.39, 0.29) is 5.96 Å². The number of hydrogen-bond donors (Lipinski definition) is 3. The highest BCUT2D eigenvalue weighted by Crippen LogP contribution is 2.26. The molecular weight excluding hydrogens is 402 g/mol. The average molecular weight is 426 g/mol. The summed E-state index contributed by atoms with van der Waals surface area (Å²) in [5, 5.41) is 2.48. The second-order valence-corrected chi connectivity index (χ2v) is 8.81. The van der Waals surface area contributed by atoms with E-state index in [1.807, 2.05) is 18.2 Å². The highest BCUT2D eigenvalue weighted by Gasteiger charge is 2.21. The first-order valence-corrected chi connectivity index (χ1v) is 11.0. The lowest BCUT2D eigenvalue weighted by atomic mass is 10.1. The maximum Gasteiger partial charge on any atom is 0.258 e. The molecular formula is C21H23N5O3S. The van der Waals surface area contributed by atoms with E-state index in [1.54, 1.807) is 50.2 Å². The van der Waals surface area contributed by atoms with E-state index in [9.17, 15) is 13.2 Å². The first kappa shape index (κ1) is 21.3. The molecule has 1 heterocycles. The van der Waals surface area contributed by atoms with E-state index >= 15 is 0 Å². The number of anilines is 1. The number of fused-ring (bicyclic) bond motifs is 1. The smallest absolute Gasteiger partial charge is 0.258 e. The lowest BCUT2D eigenvalue weighted by molar-refractivity contribution is 0.0978. The molecule has 1 amide bonds. The quantitative estimate of drug-likeness (QED) is 0.413. The van der Waals surface area contributed by atoms with Gasteiger partial charge in [-0.05, 0) is 37.6 Å². The number of carbonyl (C=O) groups excluding carboxylic acids is 1. The largest absolute Gasteiger partial charge is 0.369 e. The van der Waals surface area contributed by atoms with Crippen LogP contribution in [-0.4, -0.2) is 30.5 Å². The SMILES string of the molecule is CCC(C)S(=O)(=O)Nc1cccc2c(C(=O)NC(N)=Nc3ccccc3)ccnc12. The van der Waals surface area contributed by atoms with Crippen LogP contribution in [0.2, 0.25) is 0 Å². The minimum Gasteiger partial charge on any atom is -0.369 e. The lowest BCUT2D eigenvalue weighted by Gasteiger charge is -2.15. The van der Waals surface area contributed by atoms with E-state index < -0.39 is 21.2 Å². The van der Waals surface area contributed by atoms with Crippen molar-refractivity contribution in [1.29, 1.82) is 0 Å². The molecule has 0 bridgehead atoms. The number of rotatable bonds is 6. The number of aliphatic imine (C=N–C) groups is 1. The van der Waals surface area contributed by atoms with Crippen LogP contribution >= 0.6 is 0 Å². The fraction of sp³-hybridized carbons (Fsp3) is 0.190. The van der Waals surface area contributed by atoms with Gasteiger partial charge in [0.05, 0.1) is 27.7 Å². The van der Waals surface area contributed by atoms with Gasteiger partial charge in [0, 0.05) is 11.6 Å². The Hall–Kier alpha value is -3.46. The molecule has 0 saturated carbocycles. The van der Waals surface area contributed by atoms with E-state index in [4.69, 9.17) is 5.73 Å². The summed E-state index contributed by atoms with van der Waals surface area (Å²) < 4.78 is 27.5. The normalized spacial score (nSPS) is 13.1. The summed E-state index contributed by atoms with van der Waals surface area (Å²) in [5.41, 5.74) is 7.45. The number of amides is 1. The number of nitrogens with two attached hydrogens (primary N) is 1. The Morgan fingerprint density at radius 3 is 2.57 bits per heavy atom. The van der Waals surface area contributed by atoms with Gasteiger partial charge in [-0.2, -0.15) is 0 Å². The monoisotopic (exact) mass is 425 g/mol. The summed E-state index contributed by atoms with van der Waals surface area (Å²) in [6.45, 7) is 3.43. The molecule has 156 valence electrons. The molecule has 2 aromatic carbocycles. The number of carbonyl (C=O) groups is 1. The Morgan fingerprint density at radius 2 is 1.87 bits per heavy atom. The van der Waals surface area contributed by atoms with Crippen LogP contribution in [-0.2, 0) is 10.0 Å². The fourth-order valence-electron chi connectivity index (χ4n) is 2.78. The Labute approximate surface area is 175 Å². The van der Waals surface area contributed by atoms with Gasteiger partial charge in [-0.25, -0.2) is 13.4 Å². The Bertz CT molecular complexity index is 1190. The van der Waals surface area contributed by atoms with Crippen molar-refractivity contribution in [3.8, 4) is 0 Å². The number of aromatic nitrogens is 1. The van der Waals surface area contributed by atoms with Crippen LogP contribution in [0, 0.1) is 0 Å². The van der Waals surface area contributed by atoms with Gasteiger partial charge in [0.1, 0.15) is 0 Å². The maximum absolute atomic E-state index is 12.8. The second kappa shape index (κ2) is 8.91. The maximum atomic E-state index is 12.8. The number of sulfonamides is 1. The van der Waals surface area contributed by atoms with Gasteiger partial charge in [-0.3, -0.25) is 19.8 Å². The molecule has 0 aliphatic rings. The Kier molecular flexibility index (Phi) is 6.31. The zero-order valence-corrected chi connectivity index (χ0v) is 17.5. The molecule has 0 aliphatic heterocycles. The van der Waals surface area contributed by atoms with Gasteiger partial charge < -0.3 is 5.73 Å². The highest BCUT2D eigenvalue weighted by molar-refractivity contribution is 7.93. The molecule has 8 nitrogen and oxygen atoms in total. The predicted molar refractivity (Wildman–Crippen MR) is 119 cm³/mol. The van der Waals surface area contributed by atoms with Crippen LogP contribution < -0.4 is 15.8 Å². The summed E-state index contributed by atoms with van der Waals surface area (Å²) in [7, 11) is -3.57. The van der Waals surface area contributed by atoms with Crippen molar-refractivity contribution in [2.24, 2.45) is 10.7 Å². The molecule has 30 heavy (non-hydrogen) atoms. The van der Waals surface area contributed by atoms with E-state index in [2.05, 4.69) is 20.0 Å². The number of benzene rings is 2. The predicted octanol–water partition coefficient (Wildman–Crippen LogP) is 3.15. The summed E-state index contributed by atoms with van der Waals surface area (Å²) >= 11 is 0. The summed E-state index contributed by atoms with van der Waals surface area (Å²) in [5.74, 6) is -0.522. The van der Waals surface area contributed by atoms with Crippen molar-refractivity contribution in [3.63, 3.8) is 0 Å². The van der Waals surface area contributed by atoms with Gasteiger partial charge in [0.15, 0.2) is 0 Å². The average Bonchev–Trinajstić information content (AvgIpc) is 2.73. The van der Waals surface area contributed by atoms with Crippen molar-refractivity contribution in [1.82, 2.24) is 10.3 Å². The lowest BCUT2D eigenvalue weighted by Crippen LogP contribution is -2.36. The topological polar surface area (TPSA) is 127 Å². The molecule has 9 heteroatoms. The highest BCUT2D eigenvalue weighted by atomic mass is 32.2. The molecule has 3 aromatic rings. The first-order valence-electron chi connectivity index (χ1n) is 9.41. The third kappa shape index (κ3) is 4.74. The van der Waals surface area contributed by atoms with Crippen molar-refractivity contribution in [3.05, 3.63) is 66.4 Å². The summed E-state index contributed by atoms with van der Waals surface area (Å²) in [4.78, 5) is 21.2. The minimum atomic E-state index is -3.57. The van der Waals surface area contributed by atoms with Crippen molar-refractivity contribution in [2.75, 3.05) is 4.72 Å². The molecule has 0 spiro atoms. The van der Waals surface area contributed by atoms with E-state index in [1.165, 1.54) is 6.20 Å². The van der Waals surface area contributed by atoms with Crippen molar-refractivity contribution >= 4 is 44.2 Å². The number of nitrogens with one attached hydrogen (secondary N) is 2. The van der Waals surface area contributed by atoms with Crippen LogP contribution in [0.4, 0.5) is 11.4 Å². The molecule has 0 aliphatic carbocycles. The molecule has 0 radical (unpaired) electrons. The van der Waals surface area contributed by atoms with E-state index in [0.29, 0.717) is 34.3 Å². The third-order valence-electron chi connectivity index (χ3n) is 4.62. The molecule has 3 rings (SSSR count). The second-order valence-electron chi connectivity index (χ2n) is 6.71. The van der Waals surface area contributed by atoms with Gasteiger partial charge in [0.25, 0.3) is 5.91 Å². The fourth-order valence-corrected chi connectivity index (χ4v) is 3.89. The molecule has 4 N–H and O–H groups in total. The summed E-state index contributed by atoms with van der Waals surface area (Å²) in [6, 6.07) is 15.5. The zero-order valence-electron chi connectivity index (χ0n) is 16.7. The molecule has 0 saturated heterocycles. The van der Waals surface area contributed by atoms with Gasteiger partial charge in [-0.15, -0.1) is 0 Å². The zero-order chi connectivity index (χ0) is 21.7. The number of para-hydroxylation sites is 2. The van der Waals surface area contributed by atoms with Gasteiger partial charge in [0.2, 0.25) is 16.0 Å². The standard InChI is InChI=1S/C21H23N5O3S/c1-3-14(2)30(28,29)26-18-11-7-10-16-17(12-13-23-19(16)18)20(27)25-21(22)24-15-8-5-4-6-9-15/h4-14,26H,3H2,1-2H3,(H3,22,24,25,27). The molecule has 1 aromatic heterocycles. The number of pyridine rings is 1. The van der Waals surface area contributed by atoms with Crippen LogP contribution in [0.25, 0.3) is 10.9 Å². The van der Waals surface area contributed by atoms with Gasteiger partial charge >= 0.3 is 0 Å². The van der Waals surface area contributed by atoms with Crippen molar-refractivity contribution in [2.45, 2.75) is 25.5 Å².